The summed E-state index contributed by atoms with van der Waals surface area (Å²) in [6.07, 6.45) is 2.10. The van der Waals surface area contributed by atoms with Crippen LogP contribution >= 0.6 is 0 Å². The number of carbonyl (C=O) groups excluding carboxylic acids is 1. The Bertz CT molecular complexity index is 472. The summed E-state index contributed by atoms with van der Waals surface area (Å²) in [7, 11) is 0. The highest BCUT2D eigenvalue weighted by Gasteiger charge is 2.16. The summed E-state index contributed by atoms with van der Waals surface area (Å²) < 4.78 is 13.4. The molecule has 0 saturated carbocycles. The number of piperidine rings is 1. The Morgan fingerprint density at radius 2 is 2.30 bits per heavy atom. The van der Waals surface area contributed by atoms with Gasteiger partial charge in [-0.1, -0.05) is 0 Å². The number of amides is 1. The molecule has 0 radical (unpaired) electrons. The molecule has 1 aromatic rings. The van der Waals surface area contributed by atoms with Gasteiger partial charge in [-0.05, 0) is 44.5 Å². The topological polar surface area (TPSA) is 79.2 Å². The van der Waals surface area contributed by atoms with Crippen molar-refractivity contribution in [3.05, 3.63) is 24.0 Å². The van der Waals surface area contributed by atoms with Crippen molar-refractivity contribution >= 4 is 17.3 Å². The molecule has 2 atom stereocenters. The van der Waals surface area contributed by atoms with Gasteiger partial charge in [-0.25, -0.2) is 4.39 Å². The molecular weight excluding hydrogens is 259 g/mol. The number of nitrogens with two attached hydrogens (primary N) is 1. The van der Waals surface area contributed by atoms with Gasteiger partial charge in [-0.15, -0.1) is 0 Å². The quantitative estimate of drug-likeness (QED) is 0.670. The van der Waals surface area contributed by atoms with E-state index in [1.807, 2.05) is 0 Å². The third kappa shape index (κ3) is 3.91. The van der Waals surface area contributed by atoms with Crippen LogP contribution in [0.5, 0.6) is 0 Å². The maximum Gasteiger partial charge on any atom is 0.241 e. The van der Waals surface area contributed by atoms with Gasteiger partial charge in [-0.2, -0.15) is 0 Å². The molecule has 1 amide bonds. The first-order valence-corrected chi connectivity index (χ1v) is 6.89. The van der Waals surface area contributed by atoms with Gasteiger partial charge in [0.1, 0.15) is 5.82 Å². The van der Waals surface area contributed by atoms with Crippen molar-refractivity contribution in [2.45, 2.75) is 31.8 Å². The molecule has 0 spiro atoms. The zero-order chi connectivity index (χ0) is 14.5. The van der Waals surface area contributed by atoms with E-state index in [0.717, 1.165) is 25.9 Å². The van der Waals surface area contributed by atoms with Crippen LogP contribution in [0.15, 0.2) is 18.2 Å². The minimum Gasteiger partial charge on any atom is -0.379 e. The van der Waals surface area contributed by atoms with Crippen LogP contribution in [-0.2, 0) is 4.79 Å². The molecule has 1 fully saturated rings. The summed E-state index contributed by atoms with van der Waals surface area (Å²) in [5, 5.41) is 9.27. The number of anilines is 2. The first-order valence-electron chi connectivity index (χ1n) is 6.89. The summed E-state index contributed by atoms with van der Waals surface area (Å²) in [5.74, 6) is -0.628. The Balaban J connectivity index is 2.12. The molecule has 6 heteroatoms. The van der Waals surface area contributed by atoms with Gasteiger partial charge in [0.05, 0.1) is 17.4 Å². The summed E-state index contributed by atoms with van der Waals surface area (Å²) >= 11 is 0. The molecule has 5 N–H and O–H groups in total. The Morgan fingerprint density at radius 3 is 2.95 bits per heavy atom. The van der Waals surface area contributed by atoms with Crippen LogP contribution in [0.1, 0.15) is 19.8 Å². The molecule has 0 bridgehead atoms. The van der Waals surface area contributed by atoms with Crippen molar-refractivity contribution < 1.29 is 9.18 Å². The first-order chi connectivity index (χ1) is 9.56. The van der Waals surface area contributed by atoms with Crippen LogP contribution in [-0.4, -0.2) is 31.1 Å². The Kier molecular flexibility index (Phi) is 4.92. The molecule has 0 aromatic heterocycles. The third-order valence-electron chi connectivity index (χ3n) is 3.31. The minimum absolute atomic E-state index is 0.233. The number of nitrogens with one attached hydrogen (secondary N) is 3. The number of hydrogen-bond acceptors (Lipinski definition) is 4. The van der Waals surface area contributed by atoms with E-state index in [0.29, 0.717) is 11.4 Å². The van der Waals surface area contributed by atoms with E-state index < -0.39 is 6.04 Å². The van der Waals surface area contributed by atoms with Crippen molar-refractivity contribution in [3.63, 3.8) is 0 Å². The monoisotopic (exact) mass is 280 g/mol. The van der Waals surface area contributed by atoms with Crippen LogP contribution in [0, 0.1) is 5.82 Å². The standard InChI is InChI=1S/C14H21FN4O/c1-9(16)14(20)19-12-5-4-10(15)7-13(12)18-11-3-2-6-17-8-11/h4-5,7,9,11,17-18H,2-3,6,8,16H2,1H3,(H,19,20)/t9-,11-/m0/s1. The lowest BCUT2D eigenvalue weighted by atomic mass is 10.1. The van der Waals surface area contributed by atoms with Crippen LogP contribution in [0.3, 0.4) is 0 Å². The van der Waals surface area contributed by atoms with Crippen molar-refractivity contribution in [1.29, 1.82) is 0 Å². The van der Waals surface area contributed by atoms with E-state index in [1.54, 1.807) is 13.0 Å². The number of hydrogen-bond donors (Lipinski definition) is 4. The van der Waals surface area contributed by atoms with Crippen LogP contribution < -0.4 is 21.7 Å². The highest BCUT2D eigenvalue weighted by Crippen LogP contribution is 2.24. The molecule has 1 aliphatic rings. The zero-order valence-corrected chi connectivity index (χ0v) is 11.6. The lowest BCUT2D eigenvalue weighted by Crippen LogP contribution is -2.39. The molecule has 0 aliphatic carbocycles. The van der Waals surface area contributed by atoms with E-state index in [4.69, 9.17) is 5.73 Å². The SMILES string of the molecule is C[C@H](N)C(=O)Nc1ccc(F)cc1N[C@H]1CCCNC1. The average molecular weight is 280 g/mol. The Morgan fingerprint density at radius 1 is 1.50 bits per heavy atom. The Labute approximate surface area is 118 Å². The maximum atomic E-state index is 13.4. The van der Waals surface area contributed by atoms with E-state index in [2.05, 4.69) is 16.0 Å². The number of benzene rings is 1. The van der Waals surface area contributed by atoms with Gasteiger partial charge in [-0.3, -0.25) is 4.79 Å². The van der Waals surface area contributed by atoms with Gasteiger partial charge < -0.3 is 21.7 Å². The van der Waals surface area contributed by atoms with Crippen molar-refractivity contribution in [3.8, 4) is 0 Å². The third-order valence-corrected chi connectivity index (χ3v) is 3.31. The predicted octanol–water partition coefficient (Wildman–Crippen LogP) is 1.28. The minimum atomic E-state index is -0.607. The smallest absolute Gasteiger partial charge is 0.241 e. The van der Waals surface area contributed by atoms with E-state index in [-0.39, 0.29) is 17.8 Å². The van der Waals surface area contributed by atoms with Gasteiger partial charge in [0.25, 0.3) is 0 Å². The number of halogens is 1. The molecular formula is C14H21FN4O. The molecule has 1 aliphatic heterocycles. The molecule has 1 heterocycles. The molecule has 110 valence electrons. The molecule has 1 aromatic carbocycles. The second kappa shape index (κ2) is 6.67. The highest BCUT2D eigenvalue weighted by molar-refractivity contribution is 5.97. The van der Waals surface area contributed by atoms with Gasteiger partial charge in [0.15, 0.2) is 0 Å². The van der Waals surface area contributed by atoms with Crippen LogP contribution in [0.25, 0.3) is 0 Å². The largest absolute Gasteiger partial charge is 0.379 e. The van der Waals surface area contributed by atoms with Crippen molar-refractivity contribution in [1.82, 2.24) is 5.32 Å². The predicted molar refractivity (Wildman–Crippen MR) is 78.2 cm³/mol. The van der Waals surface area contributed by atoms with E-state index in [1.165, 1.54) is 12.1 Å². The molecule has 1 saturated heterocycles. The van der Waals surface area contributed by atoms with E-state index in [9.17, 15) is 9.18 Å². The fraction of sp³-hybridized carbons (Fsp3) is 0.500. The van der Waals surface area contributed by atoms with Crippen LogP contribution in [0.4, 0.5) is 15.8 Å². The molecule has 5 nitrogen and oxygen atoms in total. The molecule has 2 rings (SSSR count). The second-order valence-electron chi connectivity index (χ2n) is 5.16. The number of carbonyl (C=O) groups is 1. The van der Waals surface area contributed by atoms with Crippen molar-refractivity contribution in [2.75, 3.05) is 23.7 Å². The second-order valence-corrected chi connectivity index (χ2v) is 5.16. The first kappa shape index (κ1) is 14.7. The van der Waals surface area contributed by atoms with Gasteiger partial charge in [0.2, 0.25) is 5.91 Å². The van der Waals surface area contributed by atoms with Gasteiger partial charge >= 0.3 is 0 Å². The van der Waals surface area contributed by atoms with Gasteiger partial charge in [0, 0.05) is 12.6 Å². The van der Waals surface area contributed by atoms with Crippen molar-refractivity contribution in [2.24, 2.45) is 5.73 Å². The van der Waals surface area contributed by atoms with E-state index >= 15 is 0 Å². The zero-order valence-electron chi connectivity index (χ0n) is 11.6. The fourth-order valence-electron chi connectivity index (χ4n) is 2.19. The lowest BCUT2D eigenvalue weighted by Gasteiger charge is -2.26. The number of rotatable bonds is 4. The maximum absolute atomic E-state index is 13.4. The normalized spacial score (nSPS) is 20.2. The molecule has 20 heavy (non-hydrogen) atoms. The average Bonchev–Trinajstić information content (AvgIpc) is 2.42. The molecule has 0 unspecified atom stereocenters. The summed E-state index contributed by atoms with van der Waals surface area (Å²) in [5.41, 5.74) is 6.68. The van der Waals surface area contributed by atoms with Crippen LogP contribution in [0.2, 0.25) is 0 Å². The lowest BCUT2D eigenvalue weighted by molar-refractivity contribution is -0.117. The highest BCUT2D eigenvalue weighted by atomic mass is 19.1. The summed E-state index contributed by atoms with van der Waals surface area (Å²) in [6, 6.07) is 3.89. The Hall–Kier alpha value is -1.66. The summed E-state index contributed by atoms with van der Waals surface area (Å²) in [6.45, 7) is 3.45. The summed E-state index contributed by atoms with van der Waals surface area (Å²) in [4.78, 5) is 11.7. The fourth-order valence-corrected chi connectivity index (χ4v) is 2.19.